The lowest BCUT2D eigenvalue weighted by molar-refractivity contribution is -0.119. The molecule has 35 heavy (non-hydrogen) atoms. The van der Waals surface area contributed by atoms with Crippen molar-refractivity contribution >= 4 is 38.8 Å². The summed E-state index contributed by atoms with van der Waals surface area (Å²) in [6.07, 6.45) is 2.93. The number of hydrogen-bond donors (Lipinski definition) is 2. The molecule has 0 unspecified atom stereocenters. The second-order valence-corrected chi connectivity index (χ2v) is 11.4. The van der Waals surface area contributed by atoms with E-state index < -0.39 is 15.4 Å². The highest BCUT2D eigenvalue weighted by molar-refractivity contribution is 7.88. The first kappa shape index (κ1) is 23.0. The molecule has 0 fully saturated rings. The van der Waals surface area contributed by atoms with Crippen LogP contribution in [0.2, 0.25) is 0 Å². The minimum atomic E-state index is -3.28. The quantitative estimate of drug-likeness (QED) is 0.426. The average molecular weight is 491 g/mol. The highest BCUT2D eigenvalue weighted by Gasteiger charge is 2.38. The zero-order valence-corrected chi connectivity index (χ0v) is 20.7. The summed E-state index contributed by atoms with van der Waals surface area (Å²) >= 11 is 0. The number of hydrogen-bond acceptors (Lipinski definition) is 6. The Kier molecular flexibility index (Phi) is 5.37. The molecule has 0 spiro atoms. The van der Waals surface area contributed by atoms with Crippen molar-refractivity contribution < 1.29 is 13.2 Å². The predicted molar refractivity (Wildman–Crippen MR) is 136 cm³/mol. The molecule has 2 aromatic carbocycles. The van der Waals surface area contributed by atoms with Gasteiger partial charge in [-0.05, 0) is 55.3 Å². The minimum Gasteiger partial charge on any atom is -0.325 e. The Morgan fingerprint density at radius 1 is 1.11 bits per heavy atom. The maximum absolute atomic E-state index is 12.3. The number of nitrogens with zero attached hydrogens (tertiary/aromatic N) is 4. The van der Waals surface area contributed by atoms with Crippen LogP contribution in [0.1, 0.15) is 25.0 Å². The lowest BCUT2D eigenvalue weighted by Gasteiger charge is -2.15. The van der Waals surface area contributed by atoms with E-state index in [0.717, 1.165) is 39.3 Å². The predicted octanol–water partition coefficient (Wildman–Crippen LogP) is 3.76. The van der Waals surface area contributed by atoms with Gasteiger partial charge in [0.25, 0.3) is 0 Å². The smallest absolute Gasteiger partial charge is 0.245 e. The fraction of sp³-hybridized carbons (Fsp3) is 0.240. The molecule has 2 aromatic heterocycles. The lowest BCUT2D eigenvalue weighted by Crippen LogP contribution is -2.26. The second kappa shape index (κ2) is 8.17. The maximum atomic E-state index is 12.3. The molecule has 9 nitrogen and oxygen atoms in total. The van der Waals surface area contributed by atoms with E-state index in [-0.39, 0.29) is 12.5 Å². The van der Waals surface area contributed by atoms with Gasteiger partial charge in [-0.2, -0.15) is 0 Å². The number of nitrogens with one attached hydrogen (secondary N) is 2. The van der Waals surface area contributed by atoms with Crippen LogP contribution in [0.4, 0.5) is 17.3 Å². The van der Waals surface area contributed by atoms with Gasteiger partial charge in [-0.25, -0.2) is 22.2 Å². The van der Waals surface area contributed by atoms with Crippen molar-refractivity contribution in [2.75, 3.05) is 23.9 Å². The molecule has 5 rings (SSSR count). The van der Waals surface area contributed by atoms with Gasteiger partial charge >= 0.3 is 0 Å². The van der Waals surface area contributed by atoms with Crippen molar-refractivity contribution in [1.82, 2.24) is 18.9 Å². The number of benzene rings is 2. The van der Waals surface area contributed by atoms with Crippen LogP contribution in [-0.2, 0) is 26.8 Å². The Balaban J connectivity index is 1.44. The van der Waals surface area contributed by atoms with Gasteiger partial charge in [0.15, 0.2) is 0 Å². The fourth-order valence-electron chi connectivity index (χ4n) is 4.18. The van der Waals surface area contributed by atoms with Crippen LogP contribution < -0.4 is 10.6 Å². The van der Waals surface area contributed by atoms with Crippen LogP contribution in [0, 0.1) is 0 Å². The molecule has 1 amide bonds. The molecule has 4 aromatic rings. The maximum Gasteiger partial charge on any atom is 0.245 e. The van der Waals surface area contributed by atoms with Crippen molar-refractivity contribution in [3.8, 4) is 11.3 Å². The number of carbonyl (C=O) groups is 1. The molecular weight excluding hydrogens is 464 g/mol. The van der Waals surface area contributed by atoms with E-state index in [9.17, 15) is 13.2 Å². The third kappa shape index (κ3) is 4.26. The summed E-state index contributed by atoms with van der Waals surface area (Å²) in [6, 6.07) is 17.4. The van der Waals surface area contributed by atoms with Crippen LogP contribution in [0.5, 0.6) is 0 Å². The van der Waals surface area contributed by atoms with Crippen LogP contribution in [0.3, 0.4) is 0 Å². The molecule has 0 radical (unpaired) electrons. The molecule has 3 heterocycles. The molecular formula is C25H26N6O3S. The van der Waals surface area contributed by atoms with Gasteiger partial charge in [0.1, 0.15) is 0 Å². The zero-order chi connectivity index (χ0) is 25.0. The molecule has 0 bridgehead atoms. The number of fused-ring (bicyclic) bond motifs is 2. The molecule has 1 aliphatic heterocycles. The van der Waals surface area contributed by atoms with E-state index in [1.807, 2.05) is 68.4 Å². The number of carbonyl (C=O) groups excluding carboxylic acids is 1. The van der Waals surface area contributed by atoms with E-state index in [0.29, 0.717) is 5.95 Å². The molecule has 180 valence electrons. The molecule has 10 heteroatoms. The second-order valence-electron chi connectivity index (χ2n) is 9.32. The molecule has 2 N–H and O–H groups in total. The van der Waals surface area contributed by atoms with E-state index in [1.54, 1.807) is 17.8 Å². The zero-order valence-electron chi connectivity index (χ0n) is 19.9. The monoisotopic (exact) mass is 490 g/mol. The van der Waals surface area contributed by atoms with Crippen molar-refractivity contribution in [2.45, 2.75) is 25.8 Å². The topological polar surface area (TPSA) is 109 Å². The normalized spacial score (nSPS) is 14.8. The summed E-state index contributed by atoms with van der Waals surface area (Å²) in [7, 11) is -1.71. The van der Waals surface area contributed by atoms with E-state index in [2.05, 4.69) is 20.7 Å². The largest absolute Gasteiger partial charge is 0.325 e. The number of aromatic nitrogens is 3. The number of amides is 1. The van der Waals surface area contributed by atoms with Gasteiger partial charge in [-0.1, -0.05) is 24.3 Å². The molecule has 0 saturated heterocycles. The third-order valence-corrected chi connectivity index (χ3v) is 7.62. The Morgan fingerprint density at radius 3 is 2.69 bits per heavy atom. The Labute approximate surface area is 203 Å². The van der Waals surface area contributed by atoms with Gasteiger partial charge in [0.05, 0.1) is 29.1 Å². The van der Waals surface area contributed by atoms with Gasteiger partial charge in [0, 0.05) is 30.5 Å². The first-order valence-corrected chi connectivity index (χ1v) is 13.0. The number of rotatable bonds is 6. The van der Waals surface area contributed by atoms with Gasteiger partial charge in [0.2, 0.25) is 21.9 Å². The average Bonchev–Trinajstić information content (AvgIpc) is 3.31. The number of sulfonamides is 1. The van der Waals surface area contributed by atoms with Crippen LogP contribution in [-0.4, -0.2) is 46.5 Å². The Morgan fingerprint density at radius 2 is 1.91 bits per heavy atom. The highest BCUT2D eigenvalue weighted by atomic mass is 32.2. The number of anilines is 3. The van der Waals surface area contributed by atoms with Crippen LogP contribution in [0.25, 0.3) is 16.8 Å². The molecule has 0 atom stereocenters. The molecule has 0 saturated carbocycles. The SMILES string of the molecule is CN(Cc1cccc(-c2ccc3cnc(Nc4ccc5c(c4)NC(=O)C5(C)C)nn23)c1)S(C)(=O)=O. The summed E-state index contributed by atoms with van der Waals surface area (Å²) in [6.45, 7) is 4.09. The third-order valence-electron chi connectivity index (χ3n) is 6.36. The summed E-state index contributed by atoms with van der Waals surface area (Å²) in [5, 5.41) is 10.8. The minimum absolute atomic E-state index is 0.0238. The van der Waals surface area contributed by atoms with Crippen molar-refractivity contribution in [2.24, 2.45) is 0 Å². The fourth-order valence-corrected chi connectivity index (χ4v) is 4.56. The summed E-state index contributed by atoms with van der Waals surface area (Å²) < 4.78 is 26.7. The first-order chi connectivity index (χ1) is 16.5. The standard InChI is InChI=1S/C25H26N6O3S/c1-25(2)20-10-8-18(13-21(20)28-23(25)32)27-24-26-14-19-9-11-22(31(19)29-24)17-7-5-6-16(12-17)15-30(3)35(4,33)34/h5-14H,15H2,1-4H3,(H,27,29)(H,28,32). The van der Waals surface area contributed by atoms with Crippen molar-refractivity contribution in [1.29, 1.82) is 0 Å². The molecule has 0 aliphatic carbocycles. The highest BCUT2D eigenvalue weighted by Crippen LogP contribution is 2.38. The van der Waals surface area contributed by atoms with Crippen molar-refractivity contribution in [3.63, 3.8) is 0 Å². The van der Waals surface area contributed by atoms with Crippen LogP contribution >= 0.6 is 0 Å². The molecule has 1 aliphatic rings. The van der Waals surface area contributed by atoms with Crippen molar-refractivity contribution in [3.05, 3.63) is 71.9 Å². The van der Waals surface area contributed by atoms with Gasteiger partial charge in [-0.3, -0.25) is 4.79 Å². The Bertz CT molecular complexity index is 1580. The van der Waals surface area contributed by atoms with E-state index in [4.69, 9.17) is 0 Å². The Hall–Kier alpha value is -3.76. The summed E-state index contributed by atoms with van der Waals surface area (Å²) in [5.74, 6) is 0.385. The lowest BCUT2D eigenvalue weighted by atomic mass is 9.86. The summed E-state index contributed by atoms with van der Waals surface area (Å²) in [5.41, 5.74) is 5.41. The first-order valence-electron chi connectivity index (χ1n) is 11.1. The van der Waals surface area contributed by atoms with Crippen LogP contribution in [0.15, 0.2) is 60.8 Å². The van der Waals surface area contributed by atoms with Gasteiger partial charge < -0.3 is 10.6 Å². The summed E-state index contributed by atoms with van der Waals surface area (Å²) in [4.78, 5) is 16.7. The van der Waals surface area contributed by atoms with E-state index in [1.165, 1.54) is 10.6 Å². The van der Waals surface area contributed by atoms with E-state index >= 15 is 0 Å². The van der Waals surface area contributed by atoms with Gasteiger partial charge in [-0.15, -0.1) is 5.10 Å².